The molecule has 0 amide bonds. The highest BCUT2D eigenvalue weighted by atomic mass is 32.2. The van der Waals surface area contributed by atoms with Gasteiger partial charge in [0.25, 0.3) is 0 Å². The lowest BCUT2D eigenvalue weighted by molar-refractivity contribution is -0.117. The number of allylic oxidation sites excluding steroid dienone is 1. The lowest BCUT2D eigenvalue weighted by Crippen LogP contribution is -2.03. The van der Waals surface area contributed by atoms with Gasteiger partial charge in [-0.05, 0) is 6.26 Å². The molecule has 0 fully saturated rings. The fraction of sp³-hybridized carbons (Fsp3) is 0.500. The molecule has 0 rings (SSSR count). The Bertz CT molecular complexity index is 256. The molecule has 0 radical (unpaired) electrons. The lowest BCUT2D eigenvalue weighted by Gasteiger charge is -1.99. The first kappa shape index (κ1) is 12.7. The summed E-state index contributed by atoms with van der Waals surface area (Å²) in [4.78, 5) is 27.7. The maximum atomic E-state index is 10.9. The molecule has 0 unspecified atom stereocenters. The summed E-state index contributed by atoms with van der Waals surface area (Å²) in [7, 11) is -4.45. The smallest absolute Gasteiger partial charge is 0.352 e. The predicted molar refractivity (Wildman–Crippen MR) is 50.8 cm³/mol. The highest BCUT2D eigenvalue weighted by molar-refractivity contribution is 7.98. The van der Waals surface area contributed by atoms with Gasteiger partial charge in [0.15, 0.2) is 11.5 Å². The van der Waals surface area contributed by atoms with Crippen molar-refractivity contribution in [2.45, 2.75) is 6.42 Å². The molecule has 0 aromatic rings. The second kappa shape index (κ2) is 5.44. The SMILES string of the molecule is CSCCC(=O)/C(O)=C/P(=O)(O)O. The van der Waals surface area contributed by atoms with E-state index in [9.17, 15) is 9.36 Å². The van der Waals surface area contributed by atoms with E-state index in [1.807, 2.05) is 0 Å². The predicted octanol–water partition coefficient (Wildman–Crippen LogP) is 0.886. The average Bonchev–Trinajstić information content (AvgIpc) is 1.96. The van der Waals surface area contributed by atoms with E-state index in [0.717, 1.165) is 0 Å². The molecule has 0 aliphatic rings. The van der Waals surface area contributed by atoms with Gasteiger partial charge in [-0.1, -0.05) is 0 Å². The zero-order chi connectivity index (χ0) is 10.5. The number of thioether (sulfide) groups is 1. The molecule has 0 saturated carbocycles. The van der Waals surface area contributed by atoms with Crippen LogP contribution in [0.3, 0.4) is 0 Å². The van der Waals surface area contributed by atoms with Gasteiger partial charge in [0.1, 0.15) is 0 Å². The summed E-state index contributed by atoms with van der Waals surface area (Å²) in [6, 6.07) is 0. The average molecular weight is 226 g/mol. The molecule has 0 heterocycles. The standard InChI is InChI=1S/C6H11O5PS/c1-13-3-2-5(7)6(8)4-12(9,10)11/h4,8H,2-3H2,1H3,(H2,9,10,11)/b6-4-. The largest absolute Gasteiger partial charge is 0.504 e. The summed E-state index contributed by atoms with van der Waals surface area (Å²) in [5, 5.41) is 8.89. The first-order chi connectivity index (χ1) is 5.87. The van der Waals surface area contributed by atoms with Gasteiger partial charge in [-0.3, -0.25) is 9.36 Å². The van der Waals surface area contributed by atoms with Crippen molar-refractivity contribution >= 4 is 25.1 Å². The Kier molecular flexibility index (Phi) is 5.32. The zero-order valence-electron chi connectivity index (χ0n) is 7.01. The molecule has 0 aliphatic heterocycles. The van der Waals surface area contributed by atoms with E-state index in [2.05, 4.69) is 0 Å². The van der Waals surface area contributed by atoms with E-state index in [1.54, 1.807) is 6.26 Å². The molecule has 0 bridgehead atoms. The van der Waals surface area contributed by atoms with Crippen LogP contribution in [0.2, 0.25) is 0 Å². The Morgan fingerprint density at radius 1 is 1.54 bits per heavy atom. The van der Waals surface area contributed by atoms with E-state index < -0.39 is 19.1 Å². The fourth-order valence-corrected chi connectivity index (χ4v) is 1.41. The van der Waals surface area contributed by atoms with Crippen LogP contribution in [0, 0.1) is 0 Å². The van der Waals surface area contributed by atoms with Crippen LogP contribution in [-0.2, 0) is 9.36 Å². The van der Waals surface area contributed by atoms with E-state index in [-0.39, 0.29) is 12.2 Å². The maximum absolute atomic E-state index is 10.9. The summed E-state index contributed by atoms with van der Waals surface area (Å²) in [5.74, 6) is -0.729. The molecule has 0 saturated heterocycles. The van der Waals surface area contributed by atoms with Crippen molar-refractivity contribution in [2.24, 2.45) is 0 Å². The molecule has 0 spiro atoms. The van der Waals surface area contributed by atoms with Crippen molar-refractivity contribution in [2.75, 3.05) is 12.0 Å². The normalized spacial score (nSPS) is 13.0. The van der Waals surface area contributed by atoms with Gasteiger partial charge < -0.3 is 14.9 Å². The molecule has 3 N–H and O–H groups in total. The summed E-state index contributed by atoms with van der Waals surface area (Å²) >= 11 is 1.41. The number of rotatable bonds is 5. The van der Waals surface area contributed by atoms with E-state index in [4.69, 9.17) is 14.9 Å². The Morgan fingerprint density at radius 3 is 2.46 bits per heavy atom. The molecule has 7 heteroatoms. The number of carbonyl (C=O) groups excluding carboxylic acids is 1. The van der Waals surface area contributed by atoms with Crippen LogP contribution >= 0.6 is 19.4 Å². The van der Waals surface area contributed by atoms with Crippen LogP contribution in [0.25, 0.3) is 0 Å². The highest BCUT2D eigenvalue weighted by Crippen LogP contribution is 2.37. The molecule has 76 valence electrons. The lowest BCUT2D eigenvalue weighted by atomic mass is 10.3. The Balaban J connectivity index is 4.26. The summed E-state index contributed by atoms with van der Waals surface area (Å²) < 4.78 is 10.3. The fourth-order valence-electron chi connectivity index (χ4n) is 0.554. The Labute approximate surface area is 80.0 Å². The monoisotopic (exact) mass is 226 g/mol. The maximum Gasteiger partial charge on any atom is 0.352 e. The molecule has 0 aromatic carbocycles. The van der Waals surface area contributed by atoms with Crippen molar-refractivity contribution in [1.29, 1.82) is 0 Å². The summed E-state index contributed by atoms with van der Waals surface area (Å²) in [6.45, 7) is 0. The molecule has 0 aliphatic carbocycles. The quantitative estimate of drug-likeness (QED) is 0.366. The van der Waals surface area contributed by atoms with Gasteiger partial charge in [0, 0.05) is 12.2 Å². The number of ketones is 1. The van der Waals surface area contributed by atoms with Crippen molar-refractivity contribution in [3.05, 3.63) is 11.6 Å². The topological polar surface area (TPSA) is 94.8 Å². The number of aliphatic hydroxyl groups excluding tert-OH is 1. The zero-order valence-corrected chi connectivity index (χ0v) is 8.72. The van der Waals surface area contributed by atoms with Gasteiger partial charge in [-0.2, -0.15) is 11.8 Å². The molecule has 0 aromatic heterocycles. The van der Waals surface area contributed by atoms with Gasteiger partial charge in [0.2, 0.25) is 0 Å². The highest BCUT2D eigenvalue weighted by Gasteiger charge is 2.15. The number of aliphatic hydroxyl groups is 1. The Hall–Kier alpha value is -0.290. The number of hydrogen-bond donors (Lipinski definition) is 3. The van der Waals surface area contributed by atoms with Crippen molar-refractivity contribution in [1.82, 2.24) is 0 Å². The first-order valence-electron chi connectivity index (χ1n) is 3.36. The van der Waals surface area contributed by atoms with Crippen LogP contribution in [0.4, 0.5) is 0 Å². The number of carbonyl (C=O) groups is 1. The summed E-state index contributed by atoms with van der Waals surface area (Å²) in [6.07, 6.45) is 1.86. The van der Waals surface area contributed by atoms with Crippen molar-refractivity contribution in [3.63, 3.8) is 0 Å². The van der Waals surface area contributed by atoms with E-state index >= 15 is 0 Å². The van der Waals surface area contributed by atoms with Crippen molar-refractivity contribution < 1.29 is 24.3 Å². The molecule has 5 nitrogen and oxygen atoms in total. The van der Waals surface area contributed by atoms with Gasteiger partial charge in [0.05, 0.1) is 5.82 Å². The third-order valence-corrected chi connectivity index (χ3v) is 2.30. The molecular weight excluding hydrogens is 215 g/mol. The Morgan fingerprint density at radius 2 is 2.08 bits per heavy atom. The van der Waals surface area contributed by atoms with Gasteiger partial charge in [-0.15, -0.1) is 0 Å². The van der Waals surface area contributed by atoms with Gasteiger partial charge >= 0.3 is 7.60 Å². The van der Waals surface area contributed by atoms with Gasteiger partial charge in [-0.25, -0.2) is 0 Å². The van der Waals surface area contributed by atoms with Crippen LogP contribution in [0.5, 0.6) is 0 Å². The number of hydrogen-bond acceptors (Lipinski definition) is 4. The van der Waals surface area contributed by atoms with E-state index in [1.165, 1.54) is 11.8 Å². The second-order valence-corrected chi connectivity index (χ2v) is 4.69. The third kappa shape index (κ3) is 6.83. The van der Waals surface area contributed by atoms with Crippen LogP contribution in [0.1, 0.15) is 6.42 Å². The molecule has 13 heavy (non-hydrogen) atoms. The minimum Gasteiger partial charge on any atom is -0.504 e. The van der Waals surface area contributed by atoms with Crippen LogP contribution in [0.15, 0.2) is 11.6 Å². The van der Waals surface area contributed by atoms with Crippen molar-refractivity contribution in [3.8, 4) is 0 Å². The molecule has 0 atom stereocenters. The number of Topliss-reactive ketones (excluding diaryl/α,β-unsaturated/α-hetero) is 1. The minimum atomic E-state index is -4.45. The minimum absolute atomic E-state index is 0.0729. The second-order valence-electron chi connectivity index (χ2n) is 2.27. The van der Waals surface area contributed by atoms with E-state index in [0.29, 0.717) is 5.75 Å². The molecular formula is C6H11O5PS. The van der Waals surface area contributed by atoms with Crippen LogP contribution in [-0.4, -0.2) is 32.7 Å². The first-order valence-corrected chi connectivity index (χ1v) is 6.43. The summed E-state index contributed by atoms with van der Waals surface area (Å²) in [5.41, 5.74) is 0. The third-order valence-electron chi connectivity index (χ3n) is 1.11. The van der Waals surface area contributed by atoms with Crippen LogP contribution < -0.4 is 0 Å².